The molecule has 172 valence electrons. The molecule has 2 aromatic carbocycles. The van der Waals surface area contributed by atoms with Gasteiger partial charge in [0.05, 0.1) is 19.5 Å². The van der Waals surface area contributed by atoms with Crippen LogP contribution in [-0.4, -0.2) is 4.57 Å². The normalized spacial score (nSPS) is 12.2. The number of aromatic nitrogens is 2. The van der Waals surface area contributed by atoms with Crippen molar-refractivity contribution in [1.82, 2.24) is 4.57 Å². The van der Waals surface area contributed by atoms with Crippen LogP contribution in [0.2, 0.25) is 0 Å². The third kappa shape index (κ3) is 7.08. The second-order valence-electron chi connectivity index (χ2n) is 9.33. The van der Waals surface area contributed by atoms with Crippen LogP contribution in [0, 0.1) is 0 Å². The van der Waals surface area contributed by atoms with E-state index < -0.39 is 0 Å². The van der Waals surface area contributed by atoms with Crippen LogP contribution in [-0.2, 0) is 25.9 Å². The van der Waals surface area contributed by atoms with Crippen LogP contribution in [0.15, 0.2) is 66.9 Å². The number of benzene rings is 2. The molecule has 1 heterocycles. The monoisotopic (exact) mass is 431 g/mol. The number of nitrogens with zero attached hydrogens (tertiary/aromatic N) is 2. The molecule has 1 atom stereocenters. The summed E-state index contributed by atoms with van der Waals surface area (Å²) in [5.74, 6) is 2.01. The first kappa shape index (κ1) is 24.3. The zero-order valence-corrected chi connectivity index (χ0v) is 20.6. The van der Waals surface area contributed by atoms with Crippen LogP contribution in [0.5, 0.6) is 0 Å². The van der Waals surface area contributed by atoms with Gasteiger partial charge >= 0.3 is 0 Å². The highest BCUT2D eigenvalue weighted by Gasteiger charge is 2.24. The molecule has 1 aromatic heterocycles. The lowest BCUT2D eigenvalue weighted by Crippen LogP contribution is -2.37. The van der Waals surface area contributed by atoms with Crippen molar-refractivity contribution in [2.24, 2.45) is 0 Å². The summed E-state index contributed by atoms with van der Waals surface area (Å²) in [7, 11) is 0. The van der Waals surface area contributed by atoms with E-state index in [2.05, 4.69) is 96.8 Å². The van der Waals surface area contributed by atoms with Crippen LogP contribution in [0.3, 0.4) is 0 Å². The molecular weight excluding hydrogens is 388 g/mol. The maximum atomic E-state index is 2.67. The Bertz CT molecular complexity index is 895. The summed E-state index contributed by atoms with van der Waals surface area (Å²) in [6.07, 6.45) is 13.6. The summed E-state index contributed by atoms with van der Waals surface area (Å²) in [6, 6.07) is 22.0. The van der Waals surface area contributed by atoms with E-state index in [0.717, 1.165) is 25.9 Å². The van der Waals surface area contributed by atoms with Gasteiger partial charge in [-0.05, 0) is 42.7 Å². The van der Waals surface area contributed by atoms with E-state index in [1.54, 1.807) is 0 Å². The lowest BCUT2D eigenvalue weighted by Gasteiger charge is -2.12. The number of hydrogen-bond donors (Lipinski definition) is 0. The first-order valence-electron chi connectivity index (χ1n) is 12.9. The van der Waals surface area contributed by atoms with Crippen LogP contribution in [0.25, 0.3) is 0 Å². The molecule has 0 radical (unpaired) electrons. The minimum absolute atomic E-state index is 0.522. The van der Waals surface area contributed by atoms with Crippen molar-refractivity contribution in [1.29, 1.82) is 0 Å². The van der Waals surface area contributed by atoms with Crippen LogP contribution >= 0.6 is 0 Å². The summed E-state index contributed by atoms with van der Waals surface area (Å²) >= 11 is 0. The van der Waals surface area contributed by atoms with E-state index in [4.69, 9.17) is 0 Å². The highest BCUT2D eigenvalue weighted by atomic mass is 15.2. The summed E-state index contributed by atoms with van der Waals surface area (Å²) in [6.45, 7) is 9.24. The number of imidazole rings is 1. The molecule has 0 spiro atoms. The Balaban J connectivity index is 1.91. The predicted molar refractivity (Wildman–Crippen MR) is 136 cm³/mol. The molecule has 1 unspecified atom stereocenters. The van der Waals surface area contributed by atoms with E-state index in [0.29, 0.717) is 5.92 Å². The van der Waals surface area contributed by atoms with Gasteiger partial charge in [-0.3, -0.25) is 0 Å². The number of rotatable bonds is 14. The van der Waals surface area contributed by atoms with Gasteiger partial charge in [0.15, 0.2) is 0 Å². The van der Waals surface area contributed by atoms with Gasteiger partial charge in [-0.1, -0.05) is 101 Å². The fraction of sp³-hybridized carbons (Fsp3) is 0.500. The second-order valence-corrected chi connectivity index (χ2v) is 9.33. The Morgan fingerprint density at radius 2 is 1.44 bits per heavy atom. The third-order valence-electron chi connectivity index (χ3n) is 6.62. The number of hydrogen-bond acceptors (Lipinski definition) is 0. The van der Waals surface area contributed by atoms with Gasteiger partial charge in [-0.2, -0.15) is 0 Å². The largest absolute Gasteiger partial charge is 0.261 e. The molecule has 0 N–H and O–H groups in total. The number of unbranched alkanes of at least 4 members (excludes halogenated alkanes) is 5. The third-order valence-corrected chi connectivity index (χ3v) is 6.62. The molecule has 0 amide bonds. The molecular formula is C30H43N2+. The van der Waals surface area contributed by atoms with Gasteiger partial charge in [0.2, 0.25) is 0 Å². The van der Waals surface area contributed by atoms with Crippen LogP contribution in [0.4, 0.5) is 0 Å². The van der Waals surface area contributed by atoms with Crippen molar-refractivity contribution in [3.05, 3.63) is 89.5 Å². The van der Waals surface area contributed by atoms with E-state index in [9.17, 15) is 0 Å². The molecule has 0 fully saturated rings. The summed E-state index contributed by atoms with van der Waals surface area (Å²) < 4.78 is 5.25. The maximum Gasteiger partial charge on any atom is 0.261 e. The van der Waals surface area contributed by atoms with Gasteiger partial charge in [0.1, 0.15) is 11.9 Å². The topological polar surface area (TPSA) is 8.81 Å². The zero-order valence-electron chi connectivity index (χ0n) is 20.6. The van der Waals surface area contributed by atoms with E-state index in [-0.39, 0.29) is 0 Å². The van der Waals surface area contributed by atoms with Crippen LogP contribution < -0.4 is 4.57 Å². The van der Waals surface area contributed by atoms with Gasteiger partial charge in [0.25, 0.3) is 5.82 Å². The molecule has 3 rings (SSSR count). The summed E-state index contributed by atoms with van der Waals surface area (Å²) in [5.41, 5.74) is 4.35. The SMILES string of the molecule is CCCCCC[n+]1cc(CC(C)c2ccccc2)n(CCCCC)c1Cc1ccccc1. The molecule has 0 bridgehead atoms. The van der Waals surface area contributed by atoms with Crippen molar-refractivity contribution < 1.29 is 4.57 Å². The Morgan fingerprint density at radius 3 is 2.12 bits per heavy atom. The van der Waals surface area contributed by atoms with Crippen molar-refractivity contribution in [3.8, 4) is 0 Å². The molecule has 0 aliphatic carbocycles. The minimum Gasteiger partial charge on any atom is -0.234 e. The van der Waals surface area contributed by atoms with Crippen molar-refractivity contribution in [2.75, 3.05) is 0 Å². The predicted octanol–water partition coefficient (Wildman–Crippen LogP) is 7.48. The summed E-state index contributed by atoms with van der Waals surface area (Å²) in [5, 5.41) is 0. The maximum absolute atomic E-state index is 2.67. The number of aryl methyl sites for hydroxylation is 1. The van der Waals surface area contributed by atoms with Gasteiger partial charge in [-0.25, -0.2) is 9.13 Å². The fourth-order valence-corrected chi connectivity index (χ4v) is 4.69. The lowest BCUT2D eigenvalue weighted by molar-refractivity contribution is -0.704. The first-order valence-corrected chi connectivity index (χ1v) is 12.9. The molecule has 0 aliphatic rings. The molecule has 0 saturated heterocycles. The Kier molecular flexibility index (Phi) is 10.1. The van der Waals surface area contributed by atoms with Crippen molar-refractivity contribution >= 4 is 0 Å². The average molecular weight is 432 g/mol. The fourth-order valence-electron chi connectivity index (χ4n) is 4.69. The van der Waals surface area contributed by atoms with Crippen LogP contribution in [0.1, 0.15) is 94.3 Å². The second kappa shape index (κ2) is 13.3. The quantitative estimate of drug-likeness (QED) is 0.185. The molecule has 2 nitrogen and oxygen atoms in total. The lowest BCUT2D eigenvalue weighted by atomic mass is 9.96. The van der Waals surface area contributed by atoms with Gasteiger partial charge in [-0.15, -0.1) is 0 Å². The molecule has 32 heavy (non-hydrogen) atoms. The summed E-state index contributed by atoms with van der Waals surface area (Å²) in [4.78, 5) is 0. The van der Waals surface area contributed by atoms with E-state index in [1.165, 1.54) is 67.6 Å². The van der Waals surface area contributed by atoms with Gasteiger partial charge < -0.3 is 0 Å². The zero-order chi connectivity index (χ0) is 22.6. The van der Waals surface area contributed by atoms with Crippen molar-refractivity contribution in [3.63, 3.8) is 0 Å². The average Bonchev–Trinajstić information content (AvgIpc) is 3.14. The minimum atomic E-state index is 0.522. The molecule has 3 aromatic rings. The molecule has 2 heteroatoms. The highest BCUT2D eigenvalue weighted by molar-refractivity contribution is 5.22. The van der Waals surface area contributed by atoms with Gasteiger partial charge in [0, 0.05) is 6.42 Å². The smallest absolute Gasteiger partial charge is 0.234 e. The van der Waals surface area contributed by atoms with Crippen molar-refractivity contribution in [2.45, 2.75) is 97.6 Å². The Morgan fingerprint density at radius 1 is 0.781 bits per heavy atom. The Labute approximate surface area is 196 Å². The molecule has 0 saturated carbocycles. The van der Waals surface area contributed by atoms with E-state index >= 15 is 0 Å². The highest BCUT2D eigenvalue weighted by Crippen LogP contribution is 2.22. The first-order chi connectivity index (χ1) is 15.7. The van der Waals surface area contributed by atoms with E-state index in [1.807, 2.05) is 0 Å². The standard InChI is InChI=1S/C30H43N2/c1-4-6-8-16-21-31-25-29(23-26(3)28-19-13-10-14-20-28)32(22-15-7-5-2)30(31)24-27-17-11-9-12-18-27/h9-14,17-20,25-26H,4-8,15-16,21-24H2,1-3H3/q+1. The molecule has 0 aliphatic heterocycles. The Hall–Kier alpha value is -2.35.